The molecule has 0 unspecified atom stereocenters. The molecule has 0 radical (unpaired) electrons. The van der Waals surface area contributed by atoms with Gasteiger partial charge >= 0.3 is 0 Å². The average Bonchev–Trinajstić information content (AvgIpc) is 2.85. The van der Waals surface area contributed by atoms with Crippen LogP contribution in [0.2, 0.25) is 0 Å². The fourth-order valence-corrected chi connectivity index (χ4v) is 3.33. The second kappa shape index (κ2) is 6.84. The number of carbonyl (C=O) groups excluding carboxylic acids is 1. The van der Waals surface area contributed by atoms with Gasteiger partial charge in [-0.05, 0) is 36.7 Å². The smallest absolute Gasteiger partial charge is 0.291 e. The van der Waals surface area contributed by atoms with Crippen molar-refractivity contribution in [3.05, 3.63) is 24.3 Å². The van der Waals surface area contributed by atoms with Crippen molar-refractivity contribution in [3.8, 4) is 0 Å². The highest BCUT2D eigenvalue weighted by Gasteiger charge is 2.24. The third-order valence-electron chi connectivity index (χ3n) is 3.92. The number of alkyl halides is 2. The van der Waals surface area contributed by atoms with Crippen molar-refractivity contribution in [3.63, 3.8) is 0 Å². The van der Waals surface area contributed by atoms with Crippen LogP contribution in [0, 0.1) is 0 Å². The number of imidazole rings is 1. The molecule has 1 aromatic heterocycles. The summed E-state index contributed by atoms with van der Waals surface area (Å²) < 4.78 is 27.0. The highest BCUT2D eigenvalue weighted by molar-refractivity contribution is 7.99. The van der Waals surface area contributed by atoms with Crippen LogP contribution in [0.25, 0.3) is 11.0 Å². The van der Waals surface area contributed by atoms with Crippen LogP contribution in [0.15, 0.2) is 29.4 Å². The molecule has 0 atom stereocenters. The summed E-state index contributed by atoms with van der Waals surface area (Å²) in [5.41, 5.74) is 1.26. The maximum Gasteiger partial charge on any atom is 0.291 e. The lowest BCUT2D eigenvalue weighted by atomic mass is 10.1. The first-order chi connectivity index (χ1) is 11.0. The van der Waals surface area contributed by atoms with Crippen LogP contribution >= 0.6 is 11.8 Å². The number of thioether (sulfide) groups is 1. The van der Waals surface area contributed by atoms with Gasteiger partial charge in [-0.2, -0.15) is 8.78 Å². The lowest BCUT2D eigenvalue weighted by molar-refractivity contribution is -0.133. The summed E-state index contributed by atoms with van der Waals surface area (Å²) in [6, 6.07) is 7.08. The maximum atomic E-state index is 12.8. The topological polar surface area (TPSA) is 58.4 Å². The Hall–Kier alpha value is -1.67. The van der Waals surface area contributed by atoms with E-state index in [0.717, 1.165) is 0 Å². The molecule has 1 aliphatic rings. The number of aliphatic hydroxyl groups is 1. The van der Waals surface area contributed by atoms with E-state index in [-0.39, 0.29) is 23.7 Å². The number of para-hydroxylation sites is 2. The van der Waals surface area contributed by atoms with Crippen LogP contribution in [0.3, 0.4) is 0 Å². The van der Waals surface area contributed by atoms with Crippen molar-refractivity contribution in [1.82, 2.24) is 14.5 Å². The zero-order valence-corrected chi connectivity index (χ0v) is 13.2. The molecule has 0 bridgehead atoms. The fourth-order valence-electron chi connectivity index (χ4n) is 2.73. The molecule has 1 amide bonds. The molecule has 3 rings (SSSR count). The van der Waals surface area contributed by atoms with E-state index in [1.165, 1.54) is 0 Å². The number of halogens is 2. The van der Waals surface area contributed by atoms with E-state index in [1.54, 1.807) is 33.7 Å². The number of fused-ring (bicyclic) bond motifs is 1. The van der Waals surface area contributed by atoms with Crippen molar-refractivity contribution in [2.75, 3.05) is 13.1 Å². The Morgan fingerprint density at radius 1 is 1.35 bits per heavy atom. The van der Waals surface area contributed by atoms with E-state index in [0.29, 0.717) is 48.7 Å². The van der Waals surface area contributed by atoms with E-state index >= 15 is 0 Å². The maximum absolute atomic E-state index is 12.8. The van der Waals surface area contributed by atoms with E-state index in [1.807, 2.05) is 0 Å². The minimum atomic E-state index is -2.59. The van der Waals surface area contributed by atoms with Crippen LogP contribution in [0.4, 0.5) is 8.78 Å². The number of carbonyl (C=O) groups is 1. The summed E-state index contributed by atoms with van der Waals surface area (Å²) in [4.78, 5) is 18.3. The van der Waals surface area contributed by atoms with Crippen molar-refractivity contribution >= 4 is 28.7 Å². The quantitative estimate of drug-likeness (QED) is 0.867. The van der Waals surface area contributed by atoms with Crippen molar-refractivity contribution < 1.29 is 18.7 Å². The van der Waals surface area contributed by atoms with Gasteiger partial charge in [0.2, 0.25) is 5.91 Å². The molecule has 124 valence electrons. The van der Waals surface area contributed by atoms with Crippen molar-refractivity contribution in [2.24, 2.45) is 0 Å². The number of benzene rings is 1. The van der Waals surface area contributed by atoms with Crippen LogP contribution in [-0.2, 0) is 11.3 Å². The SMILES string of the molecule is O=C(Cn1c(SC(F)F)nc2ccccc21)N1CCC(O)CC1. The van der Waals surface area contributed by atoms with Gasteiger partial charge in [-0.1, -0.05) is 12.1 Å². The molecule has 0 spiro atoms. The van der Waals surface area contributed by atoms with Crippen LogP contribution < -0.4 is 0 Å². The largest absolute Gasteiger partial charge is 0.393 e. The monoisotopic (exact) mass is 341 g/mol. The Labute approximate surface area is 136 Å². The van der Waals surface area contributed by atoms with Gasteiger partial charge in [0.1, 0.15) is 6.54 Å². The summed E-state index contributed by atoms with van der Waals surface area (Å²) >= 11 is 0.348. The van der Waals surface area contributed by atoms with Gasteiger partial charge in [-0.15, -0.1) is 0 Å². The average molecular weight is 341 g/mol. The van der Waals surface area contributed by atoms with E-state index in [2.05, 4.69) is 4.98 Å². The predicted molar refractivity (Wildman–Crippen MR) is 83.4 cm³/mol. The van der Waals surface area contributed by atoms with Gasteiger partial charge in [-0.3, -0.25) is 4.79 Å². The molecule has 2 aromatic rings. The number of hydrogen-bond donors (Lipinski definition) is 1. The highest BCUT2D eigenvalue weighted by Crippen LogP contribution is 2.28. The van der Waals surface area contributed by atoms with E-state index in [9.17, 15) is 18.7 Å². The second-order valence-corrected chi connectivity index (χ2v) is 6.42. The Bertz CT molecular complexity index is 699. The van der Waals surface area contributed by atoms with Crippen molar-refractivity contribution in [2.45, 2.75) is 36.4 Å². The van der Waals surface area contributed by atoms with Gasteiger partial charge in [0.15, 0.2) is 5.16 Å². The number of amides is 1. The molecule has 8 heteroatoms. The summed E-state index contributed by atoms with van der Waals surface area (Å²) in [6.45, 7) is 0.958. The number of piperidine rings is 1. The Morgan fingerprint density at radius 3 is 2.74 bits per heavy atom. The van der Waals surface area contributed by atoms with E-state index < -0.39 is 5.76 Å². The van der Waals surface area contributed by atoms with Gasteiger partial charge in [-0.25, -0.2) is 4.98 Å². The molecule has 0 aliphatic carbocycles. The highest BCUT2D eigenvalue weighted by atomic mass is 32.2. The molecule has 1 N–H and O–H groups in total. The molecule has 23 heavy (non-hydrogen) atoms. The van der Waals surface area contributed by atoms with Crippen LogP contribution in [0.5, 0.6) is 0 Å². The lowest BCUT2D eigenvalue weighted by Crippen LogP contribution is -2.41. The van der Waals surface area contributed by atoms with Gasteiger partial charge in [0.25, 0.3) is 5.76 Å². The molecule has 2 heterocycles. The van der Waals surface area contributed by atoms with Crippen LogP contribution in [-0.4, -0.2) is 50.4 Å². The molecule has 1 aliphatic heterocycles. The van der Waals surface area contributed by atoms with Gasteiger partial charge in [0, 0.05) is 13.1 Å². The Kier molecular flexibility index (Phi) is 4.82. The molecule has 5 nitrogen and oxygen atoms in total. The zero-order chi connectivity index (χ0) is 16.4. The summed E-state index contributed by atoms with van der Waals surface area (Å²) in [7, 11) is 0. The minimum Gasteiger partial charge on any atom is -0.393 e. The molecular weight excluding hydrogens is 324 g/mol. The normalized spacial score (nSPS) is 16.4. The number of nitrogens with zero attached hydrogens (tertiary/aromatic N) is 3. The minimum absolute atomic E-state index is 0.0222. The molecule has 1 fully saturated rings. The number of aromatic nitrogens is 2. The standard InChI is InChI=1S/C15H17F2N3O2S/c16-14(17)23-15-18-11-3-1-2-4-12(11)20(15)9-13(22)19-7-5-10(21)6-8-19/h1-4,10,14,21H,5-9H2. The Balaban J connectivity index is 1.84. The van der Waals surface area contributed by atoms with E-state index in [4.69, 9.17) is 0 Å². The zero-order valence-electron chi connectivity index (χ0n) is 12.4. The molecule has 0 saturated carbocycles. The molecule has 1 saturated heterocycles. The first-order valence-corrected chi connectivity index (χ1v) is 8.28. The van der Waals surface area contributed by atoms with Crippen molar-refractivity contribution in [1.29, 1.82) is 0 Å². The predicted octanol–water partition coefficient (Wildman–Crippen LogP) is 2.33. The fraction of sp³-hybridized carbons (Fsp3) is 0.467. The number of hydrogen-bond acceptors (Lipinski definition) is 4. The third-order valence-corrected chi connectivity index (χ3v) is 4.63. The third kappa shape index (κ3) is 3.64. The number of rotatable bonds is 4. The first-order valence-electron chi connectivity index (χ1n) is 7.40. The second-order valence-electron chi connectivity index (χ2n) is 5.46. The van der Waals surface area contributed by atoms with Gasteiger partial charge in [0.05, 0.1) is 17.1 Å². The van der Waals surface area contributed by atoms with Gasteiger partial charge < -0.3 is 14.6 Å². The first kappa shape index (κ1) is 16.2. The van der Waals surface area contributed by atoms with Crippen LogP contribution in [0.1, 0.15) is 12.8 Å². The summed E-state index contributed by atoms with van der Waals surface area (Å²) in [5.74, 6) is -2.73. The Morgan fingerprint density at radius 2 is 2.04 bits per heavy atom. The summed E-state index contributed by atoms with van der Waals surface area (Å²) in [5, 5.41) is 9.66. The lowest BCUT2D eigenvalue weighted by Gasteiger charge is -2.29. The summed E-state index contributed by atoms with van der Waals surface area (Å²) in [6.07, 6.45) is 0.738. The molecular formula is C15H17F2N3O2S. The number of aliphatic hydroxyl groups excluding tert-OH is 1. The number of likely N-dealkylation sites (tertiary alicyclic amines) is 1. The molecule has 1 aromatic carbocycles.